The second kappa shape index (κ2) is 7.44. The summed E-state index contributed by atoms with van der Waals surface area (Å²) in [6.07, 6.45) is 7.39. The second-order valence-corrected chi connectivity index (χ2v) is 7.55. The molecule has 3 heteroatoms. The monoisotopic (exact) mass is 377 g/mol. The Morgan fingerprint density at radius 3 is 2.52 bits per heavy atom. The third-order valence-electron chi connectivity index (χ3n) is 5.57. The van der Waals surface area contributed by atoms with Crippen molar-refractivity contribution in [2.75, 3.05) is 10.6 Å². The first-order valence-corrected chi connectivity index (χ1v) is 10.0. The van der Waals surface area contributed by atoms with Crippen LogP contribution in [0.1, 0.15) is 17.5 Å². The zero-order chi connectivity index (χ0) is 19.6. The molecule has 0 spiro atoms. The third-order valence-corrected chi connectivity index (χ3v) is 5.57. The number of aryl methyl sites for hydroxylation is 2. The van der Waals surface area contributed by atoms with Gasteiger partial charge in [-0.25, -0.2) is 0 Å². The van der Waals surface area contributed by atoms with E-state index in [0.717, 1.165) is 22.6 Å². The molecule has 0 atom stereocenters. The molecule has 1 aliphatic rings. The second-order valence-electron chi connectivity index (χ2n) is 7.55. The van der Waals surface area contributed by atoms with Gasteiger partial charge in [0.25, 0.3) is 0 Å². The van der Waals surface area contributed by atoms with Gasteiger partial charge in [0.05, 0.1) is 0 Å². The number of hydrogen-bond acceptors (Lipinski definition) is 3. The van der Waals surface area contributed by atoms with Crippen molar-refractivity contribution in [3.05, 3.63) is 103 Å². The van der Waals surface area contributed by atoms with Gasteiger partial charge in [-0.05, 0) is 77.2 Å². The molecule has 0 bridgehead atoms. The van der Waals surface area contributed by atoms with E-state index in [1.54, 1.807) is 0 Å². The molecule has 1 heterocycles. The topological polar surface area (TPSA) is 37.0 Å². The Morgan fingerprint density at radius 1 is 0.828 bits per heavy atom. The molecular formula is C26H23N3. The zero-order valence-corrected chi connectivity index (χ0v) is 16.3. The summed E-state index contributed by atoms with van der Waals surface area (Å²) in [4.78, 5) is 4.22. The predicted octanol–water partition coefficient (Wildman–Crippen LogP) is 6.39. The standard InChI is InChI=1S/C26H23N3/c1-18(29-24-13-8-19-4-2-5-21(19)16-24)28-23-11-9-20(10-12-23)25-7-3-6-22-17-27-15-14-26(22)25/h3,6-17,28-29H,1-2,4-5H2. The highest BCUT2D eigenvalue weighted by Gasteiger charge is 2.11. The van der Waals surface area contributed by atoms with Gasteiger partial charge >= 0.3 is 0 Å². The maximum atomic E-state index is 4.22. The van der Waals surface area contributed by atoms with Crippen LogP contribution >= 0.6 is 0 Å². The molecular weight excluding hydrogens is 354 g/mol. The molecule has 29 heavy (non-hydrogen) atoms. The smallest absolute Gasteiger partial charge is 0.100 e. The lowest BCUT2D eigenvalue weighted by Gasteiger charge is -2.14. The van der Waals surface area contributed by atoms with E-state index in [-0.39, 0.29) is 0 Å². The molecule has 0 saturated carbocycles. The molecule has 142 valence electrons. The SMILES string of the molecule is C=C(Nc1ccc(-c2cccc3cnccc23)cc1)Nc1ccc2c(c1)CCC2. The Kier molecular flexibility index (Phi) is 4.49. The summed E-state index contributed by atoms with van der Waals surface area (Å²) in [5, 5.41) is 9.10. The van der Waals surface area contributed by atoms with Gasteiger partial charge in [0.1, 0.15) is 5.82 Å². The van der Waals surface area contributed by atoms with Gasteiger partial charge in [0, 0.05) is 29.2 Å². The number of nitrogens with one attached hydrogen (secondary N) is 2. The van der Waals surface area contributed by atoms with E-state index in [2.05, 4.69) is 88.9 Å². The van der Waals surface area contributed by atoms with Crippen LogP contribution in [0.25, 0.3) is 21.9 Å². The maximum absolute atomic E-state index is 4.22. The first-order valence-electron chi connectivity index (χ1n) is 10.0. The van der Waals surface area contributed by atoms with Gasteiger partial charge in [-0.3, -0.25) is 4.98 Å². The summed E-state index contributed by atoms with van der Waals surface area (Å²) in [6, 6.07) is 23.5. The molecule has 0 saturated heterocycles. The lowest BCUT2D eigenvalue weighted by molar-refractivity contribution is 0.912. The number of anilines is 2. The fraction of sp³-hybridized carbons (Fsp3) is 0.115. The minimum Gasteiger partial charge on any atom is -0.342 e. The van der Waals surface area contributed by atoms with E-state index in [4.69, 9.17) is 0 Å². The number of nitrogens with zero attached hydrogens (tertiary/aromatic N) is 1. The Bertz CT molecular complexity index is 1190. The van der Waals surface area contributed by atoms with Crippen LogP contribution in [0.3, 0.4) is 0 Å². The van der Waals surface area contributed by atoms with Crippen LogP contribution in [-0.4, -0.2) is 4.98 Å². The van der Waals surface area contributed by atoms with E-state index < -0.39 is 0 Å². The molecule has 5 rings (SSSR count). The minimum atomic E-state index is 0.770. The van der Waals surface area contributed by atoms with Crippen LogP contribution in [0.5, 0.6) is 0 Å². The first-order chi connectivity index (χ1) is 14.3. The molecule has 2 N–H and O–H groups in total. The number of benzene rings is 3. The molecule has 3 nitrogen and oxygen atoms in total. The largest absolute Gasteiger partial charge is 0.342 e. The normalized spacial score (nSPS) is 12.6. The summed E-state index contributed by atoms with van der Waals surface area (Å²) in [5.41, 5.74) is 7.43. The summed E-state index contributed by atoms with van der Waals surface area (Å²) < 4.78 is 0. The Balaban J connectivity index is 1.31. The molecule has 0 amide bonds. The number of rotatable bonds is 5. The number of hydrogen-bond donors (Lipinski definition) is 2. The number of aromatic nitrogens is 1. The Morgan fingerprint density at radius 2 is 1.62 bits per heavy atom. The van der Waals surface area contributed by atoms with Crippen LogP contribution in [0.4, 0.5) is 11.4 Å². The van der Waals surface area contributed by atoms with Crippen LogP contribution in [0, 0.1) is 0 Å². The predicted molar refractivity (Wildman–Crippen MR) is 122 cm³/mol. The van der Waals surface area contributed by atoms with Crippen LogP contribution in [-0.2, 0) is 12.8 Å². The minimum absolute atomic E-state index is 0.770. The number of fused-ring (bicyclic) bond motifs is 2. The van der Waals surface area contributed by atoms with E-state index in [9.17, 15) is 0 Å². The lowest BCUT2D eigenvalue weighted by Crippen LogP contribution is -2.08. The van der Waals surface area contributed by atoms with Crippen molar-refractivity contribution in [3.63, 3.8) is 0 Å². The molecule has 0 radical (unpaired) electrons. The average Bonchev–Trinajstić information content (AvgIpc) is 3.22. The van der Waals surface area contributed by atoms with Crippen LogP contribution in [0.15, 0.2) is 91.5 Å². The van der Waals surface area contributed by atoms with Crippen molar-refractivity contribution in [1.82, 2.24) is 4.98 Å². The van der Waals surface area contributed by atoms with Crippen molar-refractivity contribution >= 4 is 22.1 Å². The van der Waals surface area contributed by atoms with E-state index >= 15 is 0 Å². The van der Waals surface area contributed by atoms with Crippen molar-refractivity contribution < 1.29 is 0 Å². The molecule has 0 fully saturated rings. The molecule has 1 aliphatic carbocycles. The average molecular weight is 377 g/mol. The van der Waals surface area contributed by atoms with Gasteiger partial charge in [-0.1, -0.05) is 43.0 Å². The van der Waals surface area contributed by atoms with Crippen molar-refractivity contribution in [1.29, 1.82) is 0 Å². The highest BCUT2D eigenvalue weighted by molar-refractivity contribution is 5.96. The van der Waals surface area contributed by atoms with Gasteiger partial charge in [0.2, 0.25) is 0 Å². The summed E-state index contributed by atoms with van der Waals surface area (Å²) >= 11 is 0. The van der Waals surface area contributed by atoms with Crippen LogP contribution < -0.4 is 10.6 Å². The Hall–Kier alpha value is -3.59. The maximum Gasteiger partial charge on any atom is 0.100 e. The van der Waals surface area contributed by atoms with Crippen molar-refractivity contribution in [2.45, 2.75) is 19.3 Å². The summed E-state index contributed by atoms with van der Waals surface area (Å²) in [7, 11) is 0. The van der Waals surface area contributed by atoms with E-state index in [0.29, 0.717) is 0 Å². The van der Waals surface area contributed by atoms with Crippen molar-refractivity contribution in [3.8, 4) is 11.1 Å². The van der Waals surface area contributed by atoms with E-state index in [1.807, 2.05) is 12.4 Å². The third kappa shape index (κ3) is 3.59. The van der Waals surface area contributed by atoms with Gasteiger partial charge in [0.15, 0.2) is 0 Å². The molecule has 0 aliphatic heterocycles. The van der Waals surface area contributed by atoms with Gasteiger partial charge in [-0.15, -0.1) is 0 Å². The zero-order valence-electron chi connectivity index (χ0n) is 16.3. The van der Waals surface area contributed by atoms with Crippen molar-refractivity contribution in [2.24, 2.45) is 0 Å². The highest BCUT2D eigenvalue weighted by atomic mass is 15.1. The summed E-state index contributed by atoms with van der Waals surface area (Å²) in [6.45, 7) is 4.13. The van der Waals surface area contributed by atoms with Gasteiger partial charge in [-0.2, -0.15) is 0 Å². The van der Waals surface area contributed by atoms with Crippen LogP contribution in [0.2, 0.25) is 0 Å². The molecule has 0 unspecified atom stereocenters. The summed E-state index contributed by atoms with van der Waals surface area (Å²) in [5.74, 6) is 0.770. The molecule has 3 aromatic carbocycles. The van der Waals surface area contributed by atoms with Gasteiger partial charge < -0.3 is 10.6 Å². The fourth-order valence-electron chi connectivity index (χ4n) is 4.14. The quantitative estimate of drug-likeness (QED) is 0.423. The number of pyridine rings is 1. The fourth-order valence-corrected chi connectivity index (χ4v) is 4.14. The molecule has 4 aromatic rings. The highest BCUT2D eigenvalue weighted by Crippen LogP contribution is 2.29. The molecule has 1 aromatic heterocycles. The Labute approximate surface area is 171 Å². The first kappa shape index (κ1) is 17.5. The lowest BCUT2D eigenvalue weighted by atomic mass is 9.99. The van der Waals surface area contributed by atoms with E-state index in [1.165, 1.54) is 46.9 Å².